The number of nitrogens with zero attached hydrogens (tertiary/aromatic N) is 2. The van der Waals surface area contributed by atoms with Crippen LogP contribution < -0.4 is 5.32 Å². The van der Waals surface area contributed by atoms with Crippen LogP contribution in [0.4, 0.5) is 10.5 Å². The number of carbonyl (C=O) groups excluding carboxylic acids is 1. The number of amides is 2. The smallest absolute Gasteiger partial charge is 0.318 e. The summed E-state index contributed by atoms with van der Waals surface area (Å²) in [4.78, 5) is 15.7. The highest BCUT2D eigenvalue weighted by Crippen LogP contribution is 2.37. The molecule has 5 rings (SSSR count). The first-order valence-corrected chi connectivity index (χ1v) is 11.7. The molecule has 3 aromatic carbocycles. The highest BCUT2D eigenvalue weighted by molar-refractivity contribution is 5.90. The van der Waals surface area contributed by atoms with E-state index < -0.39 is 0 Å². The van der Waals surface area contributed by atoms with Gasteiger partial charge in [-0.25, -0.2) is 4.79 Å². The second kappa shape index (κ2) is 8.99. The highest BCUT2D eigenvalue weighted by atomic mass is 16.2. The number of anilines is 1. The molecule has 0 aliphatic carbocycles. The van der Waals surface area contributed by atoms with Crippen molar-refractivity contribution in [3.63, 3.8) is 0 Å². The number of nitrogens with one attached hydrogen (secondary N) is 1. The average molecular weight is 436 g/mol. The van der Waals surface area contributed by atoms with E-state index in [9.17, 15) is 4.79 Å². The summed E-state index contributed by atoms with van der Waals surface area (Å²) in [6, 6.07) is 29.0. The SMILES string of the molecule is CCc1ccc(NC(=O)N2Cc3ccccc3-n3cccc3[C@@H]2c2ccc(CC)cc2)cc1. The van der Waals surface area contributed by atoms with Gasteiger partial charge in [-0.3, -0.25) is 0 Å². The minimum absolute atomic E-state index is 0.103. The zero-order valence-electron chi connectivity index (χ0n) is 19.2. The molecule has 1 aliphatic heterocycles. The van der Waals surface area contributed by atoms with E-state index in [1.165, 1.54) is 11.1 Å². The van der Waals surface area contributed by atoms with Crippen LogP contribution in [-0.2, 0) is 19.4 Å². The fraction of sp³-hybridized carbons (Fsp3) is 0.207. The third-order valence-corrected chi connectivity index (χ3v) is 6.54. The number of aromatic nitrogens is 1. The molecule has 4 heteroatoms. The Balaban J connectivity index is 1.58. The van der Waals surface area contributed by atoms with Crippen LogP contribution in [0.3, 0.4) is 0 Å². The first-order chi connectivity index (χ1) is 16.2. The monoisotopic (exact) mass is 435 g/mol. The number of hydrogen-bond acceptors (Lipinski definition) is 1. The molecule has 33 heavy (non-hydrogen) atoms. The van der Waals surface area contributed by atoms with Crippen molar-refractivity contribution in [2.75, 3.05) is 5.32 Å². The Hall–Kier alpha value is -3.79. The maximum atomic E-state index is 13.7. The van der Waals surface area contributed by atoms with Crippen molar-refractivity contribution in [1.29, 1.82) is 0 Å². The van der Waals surface area contributed by atoms with Gasteiger partial charge in [-0.1, -0.05) is 68.4 Å². The minimum Gasteiger partial charge on any atom is -0.318 e. The van der Waals surface area contributed by atoms with Gasteiger partial charge in [0.25, 0.3) is 0 Å². The van der Waals surface area contributed by atoms with E-state index in [1.54, 1.807) is 0 Å². The van der Waals surface area contributed by atoms with Gasteiger partial charge in [-0.15, -0.1) is 0 Å². The lowest BCUT2D eigenvalue weighted by atomic mass is 10.00. The van der Waals surface area contributed by atoms with Crippen molar-refractivity contribution >= 4 is 11.7 Å². The summed E-state index contributed by atoms with van der Waals surface area (Å²) in [5.74, 6) is 0. The predicted octanol–water partition coefficient (Wildman–Crippen LogP) is 6.74. The lowest BCUT2D eigenvalue weighted by Gasteiger charge is -2.31. The van der Waals surface area contributed by atoms with Crippen molar-refractivity contribution in [2.24, 2.45) is 0 Å². The van der Waals surface area contributed by atoms with E-state index in [-0.39, 0.29) is 12.1 Å². The molecule has 0 fully saturated rings. The van der Waals surface area contributed by atoms with Crippen LogP contribution in [0.15, 0.2) is 91.1 Å². The maximum absolute atomic E-state index is 13.7. The van der Waals surface area contributed by atoms with Gasteiger partial charge in [0, 0.05) is 17.6 Å². The number of hydrogen-bond donors (Lipinski definition) is 1. The molecule has 1 atom stereocenters. The molecule has 1 aliphatic rings. The fourth-order valence-electron chi connectivity index (χ4n) is 4.64. The minimum atomic E-state index is -0.201. The van der Waals surface area contributed by atoms with Crippen molar-refractivity contribution in [2.45, 2.75) is 39.3 Å². The van der Waals surface area contributed by atoms with Crippen molar-refractivity contribution in [3.8, 4) is 5.69 Å². The van der Waals surface area contributed by atoms with Crippen LogP contribution >= 0.6 is 0 Å². The van der Waals surface area contributed by atoms with Crippen LogP contribution in [0.2, 0.25) is 0 Å². The van der Waals surface area contributed by atoms with E-state index in [0.29, 0.717) is 6.54 Å². The molecule has 2 heterocycles. The van der Waals surface area contributed by atoms with Crippen molar-refractivity contribution in [3.05, 3.63) is 119 Å². The summed E-state index contributed by atoms with van der Waals surface area (Å²) >= 11 is 0. The molecule has 1 N–H and O–H groups in total. The van der Waals surface area contributed by atoms with Gasteiger partial charge in [0.15, 0.2) is 0 Å². The number of benzene rings is 3. The number of urea groups is 1. The number of carbonyl (C=O) groups is 1. The maximum Gasteiger partial charge on any atom is 0.322 e. The fourth-order valence-corrected chi connectivity index (χ4v) is 4.64. The molecule has 0 bridgehead atoms. The number of para-hydroxylation sites is 1. The third-order valence-electron chi connectivity index (χ3n) is 6.54. The van der Waals surface area contributed by atoms with Gasteiger partial charge < -0.3 is 14.8 Å². The molecule has 0 radical (unpaired) electrons. The summed E-state index contributed by atoms with van der Waals surface area (Å²) in [6.07, 6.45) is 4.06. The summed E-state index contributed by atoms with van der Waals surface area (Å²) in [6.45, 7) is 4.81. The molecule has 0 unspecified atom stereocenters. The summed E-state index contributed by atoms with van der Waals surface area (Å²) in [5, 5.41) is 3.14. The number of rotatable bonds is 4. The second-order valence-electron chi connectivity index (χ2n) is 8.54. The van der Waals surface area contributed by atoms with Crippen LogP contribution in [0.25, 0.3) is 5.69 Å². The standard InChI is InChI=1S/C29H29N3O/c1-3-21-11-15-23(16-12-21)28-27-10-7-19-31(27)26-9-6-5-8-24(26)20-32(28)29(33)30-25-17-13-22(4-2)14-18-25/h5-19,28H,3-4,20H2,1-2H3,(H,30,33)/t28-/m0/s1. The Morgan fingerprint density at radius 3 is 2.21 bits per heavy atom. The lowest BCUT2D eigenvalue weighted by Crippen LogP contribution is -2.37. The van der Waals surface area contributed by atoms with E-state index in [4.69, 9.17) is 0 Å². The second-order valence-corrected chi connectivity index (χ2v) is 8.54. The van der Waals surface area contributed by atoms with E-state index in [0.717, 1.165) is 41.0 Å². The van der Waals surface area contributed by atoms with Crippen molar-refractivity contribution in [1.82, 2.24) is 9.47 Å². The Morgan fingerprint density at radius 2 is 1.52 bits per heavy atom. The molecule has 4 aromatic rings. The normalized spacial score (nSPS) is 14.8. The van der Waals surface area contributed by atoms with Gasteiger partial charge in [-0.2, -0.15) is 0 Å². The van der Waals surface area contributed by atoms with Gasteiger partial charge in [0.1, 0.15) is 0 Å². The van der Waals surface area contributed by atoms with Crippen molar-refractivity contribution < 1.29 is 4.79 Å². The average Bonchev–Trinajstić information content (AvgIpc) is 3.29. The molecule has 4 nitrogen and oxygen atoms in total. The van der Waals surface area contributed by atoms with Crippen LogP contribution in [-0.4, -0.2) is 15.5 Å². The first kappa shape index (κ1) is 21.1. The largest absolute Gasteiger partial charge is 0.322 e. The molecule has 0 spiro atoms. The van der Waals surface area contributed by atoms with Crippen LogP contribution in [0.1, 0.15) is 47.8 Å². The summed E-state index contributed by atoms with van der Waals surface area (Å²) in [5.41, 5.74) is 7.79. The Labute approximate surface area is 195 Å². The number of fused-ring (bicyclic) bond motifs is 3. The van der Waals surface area contributed by atoms with Gasteiger partial charge in [0.05, 0.1) is 18.3 Å². The van der Waals surface area contributed by atoms with Crippen LogP contribution in [0, 0.1) is 0 Å². The molecule has 166 valence electrons. The quantitative estimate of drug-likeness (QED) is 0.379. The Morgan fingerprint density at radius 1 is 0.848 bits per heavy atom. The first-order valence-electron chi connectivity index (χ1n) is 11.7. The predicted molar refractivity (Wildman–Crippen MR) is 134 cm³/mol. The Kier molecular flexibility index (Phi) is 5.74. The third kappa shape index (κ3) is 4.05. The molecule has 0 saturated heterocycles. The van der Waals surface area contributed by atoms with E-state index in [2.05, 4.69) is 96.7 Å². The molecular formula is C29H29N3O. The lowest BCUT2D eigenvalue weighted by molar-refractivity contribution is 0.194. The zero-order chi connectivity index (χ0) is 22.8. The van der Waals surface area contributed by atoms with Crippen LogP contribution in [0.5, 0.6) is 0 Å². The zero-order valence-corrected chi connectivity index (χ0v) is 19.2. The summed E-state index contributed by atoms with van der Waals surface area (Å²) < 4.78 is 2.22. The van der Waals surface area contributed by atoms with E-state index >= 15 is 0 Å². The molecule has 1 aromatic heterocycles. The topological polar surface area (TPSA) is 37.3 Å². The van der Waals surface area contributed by atoms with Gasteiger partial charge in [-0.05, 0) is 65.4 Å². The molecule has 2 amide bonds. The van der Waals surface area contributed by atoms with Gasteiger partial charge >= 0.3 is 6.03 Å². The molecule has 0 saturated carbocycles. The number of aryl methyl sites for hydroxylation is 2. The summed E-state index contributed by atoms with van der Waals surface area (Å²) in [7, 11) is 0. The Bertz CT molecular complexity index is 1250. The highest BCUT2D eigenvalue weighted by Gasteiger charge is 2.33. The van der Waals surface area contributed by atoms with E-state index in [1.807, 2.05) is 23.1 Å². The van der Waals surface area contributed by atoms with Gasteiger partial charge in [0.2, 0.25) is 0 Å². The molecular weight excluding hydrogens is 406 g/mol.